The first-order chi connectivity index (χ1) is 6.56. The fraction of sp³-hybridized carbons (Fsp3) is 1.00. The van der Waals surface area contributed by atoms with Crippen molar-refractivity contribution in [3.05, 3.63) is 0 Å². The van der Waals surface area contributed by atoms with E-state index in [1.807, 2.05) is 0 Å². The minimum Gasteiger partial charge on any atom is -0.288 e. The highest BCUT2D eigenvalue weighted by atomic mass is 19.4. The van der Waals surface area contributed by atoms with Gasteiger partial charge in [-0.05, 0) is 6.42 Å². The number of hydrogen-bond acceptors (Lipinski definition) is 1. The van der Waals surface area contributed by atoms with Crippen LogP contribution in [0.4, 0.5) is 30.7 Å². The van der Waals surface area contributed by atoms with E-state index in [4.69, 9.17) is 0 Å². The lowest BCUT2D eigenvalue weighted by molar-refractivity contribution is -0.346. The van der Waals surface area contributed by atoms with Crippen LogP contribution in [-0.2, 0) is 4.74 Å². The summed E-state index contributed by atoms with van der Waals surface area (Å²) in [7, 11) is 0. The number of rotatable bonds is 4. The molecule has 0 heterocycles. The lowest BCUT2D eigenvalue weighted by atomic mass is 10.1. The Balaban J connectivity index is 4.23. The zero-order chi connectivity index (χ0) is 12.3. The maximum atomic E-state index is 12.3. The van der Waals surface area contributed by atoms with Crippen LogP contribution in [0.1, 0.15) is 19.8 Å². The lowest BCUT2D eigenvalue weighted by Crippen LogP contribution is -2.32. The summed E-state index contributed by atoms with van der Waals surface area (Å²) in [6.07, 6.45) is -17.0. The summed E-state index contributed by atoms with van der Waals surface area (Å²) in [6, 6.07) is 0. The number of ether oxygens (including phenoxy) is 1. The number of hydrogen-bond donors (Lipinski definition) is 0. The Morgan fingerprint density at radius 1 is 1.07 bits per heavy atom. The summed E-state index contributed by atoms with van der Waals surface area (Å²) in [5.74, 6) is 0. The second kappa shape index (κ2) is 5.00. The average Bonchev–Trinajstić information content (AvgIpc) is 1.98. The van der Waals surface area contributed by atoms with Crippen LogP contribution in [0.15, 0.2) is 0 Å². The fourth-order valence-electron chi connectivity index (χ4n) is 0.852. The molecule has 0 bridgehead atoms. The minimum absolute atomic E-state index is 0.351. The van der Waals surface area contributed by atoms with Crippen molar-refractivity contribution in [1.29, 1.82) is 0 Å². The first-order valence-corrected chi connectivity index (χ1v) is 4.01. The van der Waals surface area contributed by atoms with Crippen molar-refractivity contribution in [3.8, 4) is 0 Å². The van der Waals surface area contributed by atoms with Gasteiger partial charge in [0, 0.05) is 6.42 Å². The Labute approximate surface area is 81.2 Å². The molecule has 0 aliphatic rings. The van der Waals surface area contributed by atoms with Gasteiger partial charge < -0.3 is 0 Å². The Morgan fingerprint density at radius 2 is 1.53 bits per heavy atom. The topological polar surface area (TPSA) is 9.23 Å². The predicted octanol–water partition coefficient (Wildman–Crippen LogP) is 3.59. The van der Waals surface area contributed by atoms with E-state index in [1.54, 1.807) is 0 Å². The Morgan fingerprint density at radius 3 is 1.80 bits per heavy atom. The van der Waals surface area contributed by atoms with E-state index >= 15 is 0 Å². The van der Waals surface area contributed by atoms with Crippen molar-refractivity contribution < 1.29 is 35.5 Å². The molecule has 92 valence electrons. The van der Waals surface area contributed by atoms with E-state index in [9.17, 15) is 30.7 Å². The fourth-order valence-corrected chi connectivity index (χ4v) is 0.852. The van der Waals surface area contributed by atoms with Crippen LogP contribution in [-0.4, -0.2) is 24.8 Å². The van der Waals surface area contributed by atoms with Gasteiger partial charge in [0.2, 0.25) is 0 Å². The lowest BCUT2D eigenvalue weighted by Gasteiger charge is -2.20. The normalized spacial score (nSPS) is 17.6. The smallest absolute Gasteiger partial charge is 0.288 e. The van der Waals surface area contributed by atoms with E-state index in [-0.39, 0.29) is 6.42 Å². The summed E-state index contributed by atoms with van der Waals surface area (Å²) in [6.45, 7) is 1.18. The van der Waals surface area contributed by atoms with Gasteiger partial charge >= 0.3 is 12.5 Å². The molecule has 0 fully saturated rings. The van der Waals surface area contributed by atoms with Gasteiger partial charge in [0.05, 0.1) is 6.10 Å². The van der Waals surface area contributed by atoms with Crippen molar-refractivity contribution in [2.75, 3.05) is 0 Å². The number of alkyl halides is 7. The molecular weight excluding hydrogens is 233 g/mol. The third kappa shape index (κ3) is 6.53. The van der Waals surface area contributed by atoms with Gasteiger partial charge in [-0.25, -0.2) is 4.39 Å². The van der Waals surface area contributed by atoms with Gasteiger partial charge in [-0.2, -0.15) is 13.2 Å². The van der Waals surface area contributed by atoms with Crippen LogP contribution in [0.2, 0.25) is 0 Å². The van der Waals surface area contributed by atoms with E-state index < -0.39 is 31.2 Å². The second-order valence-electron chi connectivity index (χ2n) is 2.84. The average molecular weight is 242 g/mol. The van der Waals surface area contributed by atoms with E-state index in [1.165, 1.54) is 6.92 Å². The SMILES string of the molecule is CCC(CC(F)C(F)(F)F)OC(F)(F)F. The molecule has 0 saturated carbocycles. The van der Waals surface area contributed by atoms with Crippen LogP contribution in [0.5, 0.6) is 0 Å². The highest BCUT2D eigenvalue weighted by Crippen LogP contribution is 2.30. The molecule has 0 aromatic heterocycles. The molecule has 0 aromatic rings. The largest absolute Gasteiger partial charge is 0.522 e. The summed E-state index contributed by atoms with van der Waals surface area (Å²) < 4.78 is 85.5. The zero-order valence-electron chi connectivity index (χ0n) is 7.62. The Hall–Kier alpha value is -0.530. The summed E-state index contributed by atoms with van der Waals surface area (Å²) in [4.78, 5) is 0. The van der Waals surface area contributed by atoms with Crippen molar-refractivity contribution >= 4 is 0 Å². The van der Waals surface area contributed by atoms with Gasteiger partial charge in [0.15, 0.2) is 6.17 Å². The third-order valence-electron chi connectivity index (χ3n) is 1.58. The molecule has 0 amide bonds. The highest BCUT2D eigenvalue weighted by Gasteiger charge is 2.43. The van der Waals surface area contributed by atoms with Crippen LogP contribution in [0, 0.1) is 0 Å². The second-order valence-corrected chi connectivity index (χ2v) is 2.84. The van der Waals surface area contributed by atoms with Crippen molar-refractivity contribution in [2.45, 2.75) is 44.6 Å². The molecule has 8 heteroatoms. The molecule has 0 rings (SSSR count). The van der Waals surface area contributed by atoms with Gasteiger partial charge in [-0.15, -0.1) is 13.2 Å². The maximum absolute atomic E-state index is 12.3. The standard InChI is InChI=1S/C7H9F7O/c1-2-4(15-7(12,13)14)3-5(8)6(9,10)11/h4-5H,2-3H2,1H3. The maximum Gasteiger partial charge on any atom is 0.522 e. The number of halogens is 7. The highest BCUT2D eigenvalue weighted by molar-refractivity contribution is 4.71. The first kappa shape index (κ1) is 14.5. The molecule has 1 nitrogen and oxygen atoms in total. The van der Waals surface area contributed by atoms with Crippen molar-refractivity contribution in [3.63, 3.8) is 0 Å². The van der Waals surface area contributed by atoms with Gasteiger partial charge in [0.1, 0.15) is 0 Å². The molecule has 0 aromatic carbocycles. The van der Waals surface area contributed by atoms with Gasteiger partial charge in [-0.3, -0.25) is 4.74 Å². The van der Waals surface area contributed by atoms with Crippen LogP contribution >= 0.6 is 0 Å². The molecule has 0 aliphatic carbocycles. The molecular formula is C7H9F7O. The third-order valence-corrected chi connectivity index (χ3v) is 1.58. The molecule has 2 atom stereocenters. The predicted molar refractivity (Wildman–Crippen MR) is 36.8 cm³/mol. The molecule has 15 heavy (non-hydrogen) atoms. The molecule has 0 radical (unpaired) electrons. The van der Waals surface area contributed by atoms with Crippen molar-refractivity contribution in [1.82, 2.24) is 0 Å². The van der Waals surface area contributed by atoms with E-state index in [2.05, 4.69) is 4.74 Å². The Bertz CT molecular complexity index is 185. The zero-order valence-corrected chi connectivity index (χ0v) is 7.62. The quantitative estimate of drug-likeness (QED) is 0.684. The Kier molecular flexibility index (Phi) is 4.82. The van der Waals surface area contributed by atoms with E-state index in [0.717, 1.165) is 0 Å². The molecule has 0 spiro atoms. The molecule has 0 saturated heterocycles. The van der Waals surface area contributed by atoms with Crippen LogP contribution < -0.4 is 0 Å². The monoisotopic (exact) mass is 242 g/mol. The first-order valence-electron chi connectivity index (χ1n) is 4.01. The molecule has 0 aliphatic heterocycles. The molecule has 0 N–H and O–H groups in total. The summed E-state index contributed by atoms with van der Waals surface area (Å²) in [5, 5.41) is 0. The van der Waals surface area contributed by atoms with Crippen molar-refractivity contribution in [2.24, 2.45) is 0 Å². The summed E-state index contributed by atoms with van der Waals surface area (Å²) in [5.41, 5.74) is 0. The summed E-state index contributed by atoms with van der Waals surface area (Å²) >= 11 is 0. The van der Waals surface area contributed by atoms with Crippen LogP contribution in [0.3, 0.4) is 0 Å². The van der Waals surface area contributed by atoms with Crippen LogP contribution in [0.25, 0.3) is 0 Å². The minimum atomic E-state index is -5.15. The van der Waals surface area contributed by atoms with Gasteiger partial charge in [0.25, 0.3) is 0 Å². The van der Waals surface area contributed by atoms with E-state index in [0.29, 0.717) is 0 Å². The molecule has 2 unspecified atom stereocenters. The van der Waals surface area contributed by atoms with Gasteiger partial charge in [-0.1, -0.05) is 6.92 Å².